The van der Waals surface area contributed by atoms with Crippen LogP contribution in [0.2, 0.25) is 0 Å². The van der Waals surface area contributed by atoms with Crippen molar-refractivity contribution in [3.63, 3.8) is 0 Å². The van der Waals surface area contributed by atoms with Crippen molar-refractivity contribution in [2.45, 2.75) is 57.9 Å². The van der Waals surface area contributed by atoms with E-state index in [1.165, 1.54) is 0 Å². The summed E-state index contributed by atoms with van der Waals surface area (Å²) < 4.78 is 0. The predicted octanol–water partition coefficient (Wildman–Crippen LogP) is 0.911. The molecule has 0 aromatic heterocycles. The van der Waals surface area contributed by atoms with Gasteiger partial charge in [0.1, 0.15) is 0 Å². The molecule has 0 aromatic rings. The maximum absolute atomic E-state index is 11.5. The molecule has 3 N–H and O–H groups in total. The van der Waals surface area contributed by atoms with E-state index in [4.69, 9.17) is 16.0 Å². The summed E-state index contributed by atoms with van der Waals surface area (Å²) in [5, 5.41) is 8.12. The normalized spacial score (nSPS) is 16.4. The predicted molar refractivity (Wildman–Crippen MR) is 71.6 cm³/mol. The van der Waals surface area contributed by atoms with Crippen molar-refractivity contribution < 1.29 is 19.2 Å². The van der Waals surface area contributed by atoms with E-state index >= 15 is 0 Å². The lowest BCUT2D eigenvalue weighted by atomic mass is 10.1. The minimum Gasteiger partial charge on any atom is -0.330 e. The number of amides is 2. The molecule has 1 aliphatic heterocycles. The number of nitrogens with two attached hydrogens (primary N) is 1. The second kappa shape index (κ2) is 7.74. The van der Waals surface area contributed by atoms with Gasteiger partial charge in [-0.1, -0.05) is 6.42 Å². The van der Waals surface area contributed by atoms with Crippen LogP contribution in [0, 0.1) is 5.41 Å². The number of hydrogen-bond donors (Lipinski definition) is 2. The number of nitrogens with one attached hydrogen (secondary N) is 1. The van der Waals surface area contributed by atoms with Crippen LogP contribution >= 0.6 is 0 Å². The third-order valence-electron chi connectivity index (χ3n) is 3.08. The molecule has 0 aromatic carbocycles. The number of rotatable bonds is 8. The van der Waals surface area contributed by atoms with E-state index in [0.717, 1.165) is 12.8 Å². The van der Waals surface area contributed by atoms with Gasteiger partial charge in [-0.2, -0.15) is 0 Å². The van der Waals surface area contributed by atoms with Crippen LogP contribution in [0.15, 0.2) is 0 Å². The van der Waals surface area contributed by atoms with Crippen molar-refractivity contribution in [2.24, 2.45) is 5.73 Å². The average molecular weight is 283 g/mol. The Hall–Kier alpha value is -1.76. The van der Waals surface area contributed by atoms with Gasteiger partial charge in [-0.3, -0.25) is 9.59 Å². The van der Waals surface area contributed by atoms with Crippen LogP contribution < -0.4 is 5.73 Å². The molecule has 7 heteroatoms. The van der Waals surface area contributed by atoms with Crippen LogP contribution in [-0.4, -0.2) is 34.6 Å². The lowest BCUT2D eigenvalue weighted by Crippen LogP contribution is -2.31. The summed E-state index contributed by atoms with van der Waals surface area (Å²) in [6, 6.07) is -0.229. The third-order valence-corrected chi connectivity index (χ3v) is 3.08. The zero-order chi connectivity index (χ0) is 15.1. The van der Waals surface area contributed by atoms with Crippen LogP contribution in [0.4, 0.5) is 0 Å². The van der Waals surface area contributed by atoms with Gasteiger partial charge in [0, 0.05) is 31.0 Å². The topological polar surface area (TPSA) is 114 Å². The number of nitrogens with zero attached hydrogens (tertiary/aromatic N) is 1. The SMILES string of the molecule is CC(N)C(=N)CCCCCC(=O)ON1C(=O)CCC1=O. The molecular weight excluding hydrogens is 262 g/mol. The maximum Gasteiger partial charge on any atom is 0.333 e. The van der Waals surface area contributed by atoms with Crippen molar-refractivity contribution in [1.29, 1.82) is 5.41 Å². The number of hydrogen-bond acceptors (Lipinski definition) is 6. The quantitative estimate of drug-likeness (QED) is 0.390. The molecule has 1 fully saturated rings. The number of imide groups is 1. The van der Waals surface area contributed by atoms with E-state index in [-0.39, 0.29) is 25.3 Å². The van der Waals surface area contributed by atoms with Crippen molar-refractivity contribution >= 4 is 23.5 Å². The Morgan fingerprint density at radius 1 is 1.25 bits per heavy atom. The first-order chi connectivity index (χ1) is 9.41. The van der Waals surface area contributed by atoms with E-state index in [9.17, 15) is 14.4 Å². The molecule has 1 aliphatic rings. The smallest absolute Gasteiger partial charge is 0.330 e. The van der Waals surface area contributed by atoms with Gasteiger partial charge >= 0.3 is 5.97 Å². The van der Waals surface area contributed by atoms with Gasteiger partial charge < -0.3 is 16.0 Å². The van der Waals surface area contributed by atoms with Gasteiger partial charge in [0.05, 0.1) is 0 Å². The van der Waals surface area contributed by atoms with E-state index in [1.54, 1.807) is 6.92 Å². The Balaban J connectivity index is 2.13. The van der Waals surface area contributed by atoms with Gasteiger partial charge in [0.15, 0.2) is 0 Å². The summed E-state index contributed by atoms with van der Waals surface area (Å²) in [5.41, 5.74) is 6.05. The van der Waals surface area contributed by atoms with Crippen molar-refractivity contribution in [3.8, 4) is 0 Å². The monoisotopic (exact) mass is 283 g/mol. The van der Waals surface area contributed by atoms with Crippen molar-refractivity contribution in [1.82, 2.24) is 5.06 Å². The van der Waals surface area contributed by atoms with Gasteiger partial charge in [-0.25, -0.2) is 4.79 Å². The molecule has 7 nitrogen and oxygen atoms in total. The summed E-state index contributed by atoms with van der Waals surface area (Å²) in [5.74, 6) is -1.50. The molecule has 0 saturated carbocycles. The van der Waals surface area contributed by atoms with E-state index in [1.807, 2.05) is 0 Å². The summed E-state index contributed by atoms with van der Waals surface area (Å²) in [4.78, 5) is 38.7. The van der Waals surface area contributed by atoms with Crippen LogP contribution in [0.5, 0.6) is 0 Å². The lowest BCUT2D eigenvalue weighted by Gasteiger charge is -2.12. The fraction of sp³-hybridized carbons (Fsp3) is 0.692. The highest BCUT2D eigenvalue weighted by Crippen LogP contribution is 2.13. The fourth-order valence-electron chi connectivity index (χ4n) is 1.79. The fourth-order valence-corrected chi connectivity index (χ4v) is 1.79. The zero-order valence-electron chi connectivity index (χ0n) is 11.7. The Morgan fingerprint density at radius 2 is 1.80 bits per heavy atom. The van der Waals surface area contributed by atoms with E-state index < -0.39 is 17.8 Å². The third kappa shape index (κ3) is 5.08. The van der Waals surface area contributed by atoms with E-state index in [2.05, 4.69) is 0 Å². The molecule has 0 radical (unpaired) electrons. The molecule has 1 unspecified atom stereocenters. The van der Waals surface area contributed by atoms with Crippen molar-refractivity contribution in [2.75, 3.05) is 0 Å². The maximum atomic E-state index is 11.5. The minimum atomic E-state index is -0.573. The van der Waals surface area contributed by atoms with Gasteiger partial charge in [-0.15, -0.1) is 5.06 Å². The molecule has 1 heterocycles. The highest BCUT2D eigenvalue weighted by Gasteiger charge is 2.32. The summed E-state index contributed by atoms with van der Waals surface area (Å²) in [6.07, 6.45) is 3.14. The van der Waals surface area contributed by atoms with Crippen LogP contribution in [0.25, 0.3) is 0 Å². The molecular formula is C13H21N3O4. The first-order valence-corrected chi connectivity index (χ1v) is 6.81. The minimum absolute atomic E-state index is 0.103. The van der Waals surface area contributed by atoms with Gasteiger partial charge in [0.25, 0.3) is 11.8 Å². The number of carbonyl (C=O) groups excluding carboxylic acids is 3. The Kier molecular flexibility index (Phi) is 6.30. The number of unbranched alkanes of at least 4 members (excludes halogenated alkanes) is 2. The first kappa shape index (κ1) is 16.3. The van der Waals surface area contributed by atoms with Crippen LogP contribution in [0.1, 0.15) is 51.9 Å². The Labute approximate surface area is 117 Å². The standard InChI is InChI=1S/C13H21N3O4/c1-9(14)10(15)5-3-2-4-6-13(19)20-16-11(17)7-8-12(16)18/h9,15H,2-8,14H2,1H3. The molecule has 112 valence electrons. The Morgan fingerprint density at radius 3 is 2.35 bits per heavy atom. The number of carbonyl (C=O) groups is 3. The van der Waals surface area contributed by atoms with E-state index in [0.29, 0.717) is 23.6 Å². The second-order valence-corrected chi connectivity index (χ2v) is 4.92. The van der Waals surface area contributed by atoms with Crippen LogP contribution in [0.3, 0.4) is 0 Å². The largest absolute Gasteiger partial charge is 0.333 e. The van der Waals surface area contributed by atoms with Gasteiger partial charge in [0.2, 0.25) is 0 Å². The number of hydroxylamine groups is 2. The molecule has 0 bridgehead atoms. The van der Waals surface area contributed by atoms with Gasteiger partial charge in [-0.05, 0) is 26.2 Å². The highest BCUT2D eigenvalue weighted by molar-refractivity contribution is 6.01. The zero-order valence-corrected chi connectivity index (χ0v) is 11.7. The lowest BCUT2D eigenvalue weighted by molar-refractivity contribution is -0.197. The molecule has 1 rings (SSSR count). The molecule has 20 heavy (non-hydrogen) atoms. The average Bonchev–Trinajstić information content (AvgIpc) is 2.69. The molecule has 1 atom stereocenters. The molecule has 0 aliphatic carbocycles. The summed E-state index contributed by atoms with van der Waals surface area (Å²) in [6.45, 7) is 1.77. The molecule has 2 amide bonds. The molecule has 0 spiro atoms. The second-order valence-electron chi connectivity index (χ2n) is 4.92. The first-order valence-electron chi connectivity index (χ1n) is 6.81. The van der Waals surface area contributed by atoms with Crippen LogP contribution in [-0.2, 0) is 19.2 Å². The van der Waals surface area contributed by atoms with Crippen molar-refractivity contribution in [3.05, 3.63) is 0 Å². The highest BCUT2D eigenvalue weighted by atomic mass is 16.7. The summed E-state index contributed by atoms with van der Waals surface area (Å²) >= 11 is 0. The summed E-state index contributed by atoms with van der Waals surface area (Å²) in [7, 11) is 0. The Bertz CT molecular complexity index is 390. The molecule has 1 saturated heterocycles.